The molecule has 0 bridgehead atoms. The van der Waals surface area contributed by atoms with E-state index in [0.29, 0.717) is 13.1 Å². The predicted molar refractivity (Wildman–Crippen MR) is 78.1 cm³/mol. The first kappa shape index (κ1) is 12.7. The second-order valence-corrected chi connectivity index (χ2v) is 5.23. The first-order valence-electron chi connectivity index (χ1n) is 6.73. The lowest BCUT2D eigenvalue weighted by Crippen LogP contribution is -2.30. The minimum atomic E-state index is -0.840. The van der Waals surface area contributed by atoms with Crippen LogP contribution in [0.5, 0.6) is 0 Å². The molecule has 0 saturated carbocycles. The van der Waals surface area contributed by atoms with Gasteiger partial charge in [0.25, 0.3) is 0 Å². The van der Waals surface area contributed by atoms with Crippen molar-refractivity contribution >= 4 is 22.7 Å². The van der Waals surface area contributed by atoms with Crippen molar-refractivity contribution < 1.29 is 9.90 Å². The monoisotopic (exact) mass is 271 g/mol. The minimum absolute atomic E-state index is 0.180. The zero-order valence-corrected chi connectivity index (χ0v) is 11.3. The number of hydrogen-bond donors (Lipinski definition) is 2. The summed E-state index contributed by atoms with van der Waals surface area (Å²) in [4.78, 5) is 16.7. The standard InChI is InChI=1S/C15H17N3O2/c1-10-7-13(8-11-3-2-5-16-14(10)11)17-12-4-6-18(9-12)15(19)20/h2-3,5,7-8,12,17H,4,6,9H2,1H3,(H,19,20)/t12-/m1/s1. The summed E-state index contributed by atoms with van der Waals surface area (Å²) >= 11 is 0. The third-order valence-electron chi connectivity index (χ3n) is 3.73. The Morgan fingerprint density at radius 2 is 2.35 bits per heavy atom. The Morgan fingerprint density at radius 3 is 3.10 bits per heavy atom. The van der Waals surface area contributed by atoms with E-state index in [-0.39, 0.29) is 6.04 Å². The van der Waals surface area contributed by atoms with Gasteiger partial charge in [0.1, 0.15) is 0 Å². The lowest BCUT2D eigenvalue weighted by atomic mass is 10.1. The molecule has 1 aliphatic rings. The van der Waals surface area contributed by atoms with Crippen molar-refractivity contribution in [2.45, 2.75) is 19.4 Å². The van der Waals surface area contributed by atoms with E-state index >= 15 is 0 Å². The number of carboxylic acid groups (broad SMARTS) is 1. The lowest BCUT2D eigenvalue weighted by molar-refractivity contribution is 0.155. The Kier molecular flexibility index (Phi) is 3.18. The molecule has 5 nitrogen and oxygen atoms in total. The van der Waals surface area contributed by atoms with E-state index in [1.165, 1.54) is 4.90 Å². The fraction of sp³-hybridized carbons (Fsp3) is 0.333. The first-order valence-corrected chi connectivity index (χ1v) is 6.73. The highest BCUT2D eigenvalue weighted by Gasteiger charge is 2.25. The van der Waals surface area contributed by atoms with Crippen LogP contribution >= 0.6 is 0 Å². The maximum atomic E-state index is 10.9. The summed E-state index contributed by atoms with van der Waals surface area (Å²) < 4.78 is 0. The van der Waals surface area contributed by atoms with E-state index in [9.17, 15) is 4.79 Å². The average molecular weight is 271 g/mol. The van der Waals surface area contributed by atoms with E-state index in [2.05, 4.69) is 22.4 Å². The number of anilines is 1. The van der Waals surface area contributed by atoms with Gasteiger partial charge in [-0.15, -0.1) is 0 Å². The summed E-state index contributed by atoms with van der Waals surface area (Å²) in [6.45, 7) is 3.18. The fourth-order valence-electron chi connectivity index (χ4n) is 2.75. The van der Waals surface area contributed by atoms with E-state index in [1.807, 2.05) is 19.1 Å². The Labute approximate surface area is 117 Å². The highest BCUT2D eigenvalue weighted by atomic mass is 16.4. The van der Waals surface area contributed by atoms with Crippen LogP contribution in [0.4, 0.5) is 10.5 Å². The highest BCUT2D eigenvalue weighted by Crippen LogP contribution is 2.23. The second kappa shape index (κ2) is 5.00. The zero-order valence-electron chi connectivity index (χ0n) is 11.3. The normalized spacial score (nSPS) is 18.4. The zero-order chi connectivity index (χ0) is 14.1. The topological polar surface area (TPSA) is 65.5 Å². The number of fused-ring (bicyclic) bond motifs is 1. The molecule has 2 N–H and O–H groups in total. The molecule has 0 radical (unpaired) electrons. The molecular formula is C15H17N3O2. The fourth-order valence-corrected chi connectivity index (χ4v) is 2.75. The van der Waals surface area contributed by atoms with Crippen LogP contribution in [-0.2, 0) is 0 Å². The van der Waals surface area contributed by atoms with Crippen LogP contribution in [0.15, 0.2) is 30.5 Å². The molecule has 1 atom stereocenters. The molecule has 1 aromatic heterocycles. The molecule has 3 rings (SSSR count). The summed E-state index contributed by atoms with van der Waals surface area (Å²) in [5, 5.41) is 13.5. The van der Waals surface area contributed by atoms with Crippen LogP contribution in [0.3, 0.4) is 0 Å². The largest absolute Gasteiger partial charge is 0.465 e. The quantitative estimate of drug-likeness (QED) is 0.881. The number of carbonyl (C=O) groups is 1. The number of hydrogen-bond acceptors (Lipinski definition) is 3. The molecule has 20 heavy (non-hydrogen) atoms. The minimum Gasteiger partial charge on any atom is -0.465 e. The molecule has 2 aromatic rings. The molecular weight excluding hydrogens is 254 g/mol. The van der Waals surface area contributed by atoms with Gasteiger partial charge in [-0.1, -0.05) is 6.07 Å². The second-order valence-electron chi connectivity index (χ2n) is 5.23. The van der Waals surface area contributed by atoms with Gasteiger partial charge in [-0.25, -0.2) is 4.79 Å². The summed E-state index contributed by atoms with van der Waals surface area (Å²) in [7, 11) is 0. The predicted octanol–water partition coefficient (Wildman–Crippen LogP) is 2.71. The molecule has 1 aliphatic heterocycles. The Bertz CT molecular complexity index is 657. The molecule has 104 valence electrons. The van der Waals surface area contributed by atoms with Crippen molar-refractivity contribution in [3.05, 3.63) is 36.0 Å². The molecule has 1 fully saturated rings. The number of aryl methyl sites for hydroxylation is 1. The molecule has 1 saturated heterocycles. The molecule has 0 unspecified atom stereocenters. The summed E-state index contributed by atoms with van der Waals surface area (Å²) in [5.41, 5.74) is 3.16. The Hall–Kier alpha value is -2.30. The molecule has 5 heteroatoms. The number of nitrogens with one attached hydrogen (secondary N) is 1. The van der Waals surface area contributed by atoms with Crippen LogP contribution in [0, 0.1) is 6.92 Å². The van der Waals surface area contributed by atoms with Crippen LogP contribution in [0.25, 0.3) is 10.9 Å². The van der Waals surface area contributed by atoms with E-state index in [1.54, 1.807) is 6.20 Å². The number of likely N-dealkylation sites (tertiary alicyclic amines) is 1. The molecule has 2 heterocycles. The molecule has 1 amide bonds. The van der Waals surface area contributed by atoms with Crippen LogP contribution in [0.2, 0.25) is 0 Å². The van der Waals surface area contributed by atoms with Crippen LogP contribution in [-0.4, -0.2) is 40.2 Å². The summed E-state index contributed by atoms with van der Waals surface area (Å²) in [6, 6.07) is 8.28. The number of rotatable bonds is 2. The van der Waals surface area contributed by atoms with Crippen molar-refractivity contribution in [2.24, 2.45) is 0 Å². The SMILES string of the molecule is Cc1cc(N[C@@H]2CCN(C(=O)O)C2)cc2cccnc12. The third kappa shape index (κ3) is 2.39. The van der Waals surface area contributed by atoms with Gasteiger partial charge < -0.3 is 15.3 Å². The third-order valence-corrected chi connectivity index (χ3v) is 3.73. The van der Waals surface area contributed by atoms with Crippen molar-refractivity contribution in [2.75, 3.05) is 18.4 Å². The van der Waals surface area contributed by atoms with Gasteiger partial charge in [-0.3, -0.25) is 4.98 Å². The summed E-state index contributed by atoms with van der Waals surface area (Å²) in [6.07, 6.45) is 1.80. The van der Waals surface area contributed by atoms with Gasteiger partial charge in [-0.05, 0) is 37.1 Å². The van der Waals surface area contributed by atoms with E-state index in [4.69, 9.17) is 5.11 Å². The van der Waals surface area contributed by atoms with E-state index < -0.39 is 6.09 Å². The maximum absolute atomic E-state index is 10.9. The van der Waals surface area contributed by atoms with Gasteiger partial charge >= 0.3 is 6.09 Å². The van der Waals surface area contributed by atoms with Gasteiger partial charge in [-0.2, -0.15) is 0 Å². The Morgan fingerprint density at radius 1 is 1.50 bits per heavy atom. The van der Waals surface area contributed by atoms with Crippen molar-refractivity contribution in [3.8, 4) is 0 Å². The van der Waals surface area contributed by atoms with Crippen molar-refractivity contribution in [1.29, 1.82) is 0 Å². The Balaban J connectivity index is 1.80. The average Bonchev–Trinajstić information content (AvgIpc) is 2.87. The van der Waals surface area contributed by atoms with Crippen LogP contribution in [0.1, 0.15) is 12.0 Å². The van der Waals surface area contributed by atoms with Gasteiger partial charge in [0.05, 0.1) is 5.52 Å². The number of pyridine rings is 1. The number of amides is 1. The number of benzene rings is 1. The number of nitrogens with zero attached hydrogens (tertiary/aromatic N) is 2. The lowest BCUT2D eigenvalue weighted by Gasteiger charge is -2.16. The maximum Gasteiger partial charge on any atom is 0.407 e. The smallest absolute Gasteiger partial charge is 0.407 e. The molecule has 0 aliphatic carbocycles. The number of aromatic nitrogens is 1. The molecule has 1 aromatic carbocycles. The van der Waals surface area contributed by atoms with Crippen molar-refractivity contribution in [1.82, 2.24) is 9.88 Å². The summed E-state index contributed by atoms with van der Waals surface area (Å²) in [5.74, 6) is 0. The van der Waals surface area contributed by atoms with Gasteiger partial charge in [0.15, 0.2) is 0 Å². The highest BCUT2D eigenvalue weighted by molar-refractivity contribution is 5.85. The van der Waals surface area contributed by atoms with Gasteiger partial charge in [0.2, 0.25) is 0 Å². The first-order chi connectivity index (χ1) is 9.63. The van der Waals surface area contributed by atoms with Crippen LogP contribution < -0.4 is 5.32 Å². The van der Waals surface area contributed by atoms with E-state index in [0.717, 1.165) is 28.6 Å². The molecule has 0 spiro atoms. The van der Waals surface area contributed by atoms with Gasteiger partial charge in [0, 0.05) is 36.4 Å². The van der Waals surface area contributed by atoms with Crippen molar-refractivity contribution in [3.63, 3.8) is 0 Å².